The molecule has 0 fully saturated rings. The molecule has 0 rings (SSSR count). The van der Waals surface area contributed by atoms with Crippen molar-refractivity contribution < 1.29 is 13.2 Å². The van der Waals surface area contributed by atoms with Crippen molar-refractivity contribution in [2.75, 3.05) is 25.2 Å². The van der Waals surface area contributed by atoms with Crippen LogP contribution in [0.1, 0.15) is 33.1 Å². The van der Waals surface area contributed by atoms with Crippen LogP contribution in [0.15, 0.2) is 0 Å². The highest BCUT2D eigenvalue weighted by atomic mass is 32.2. The van der Waals surface area contributed by atoms with Gasteiger partial charge in [0.15, 0.2) is 0 Å². The molecule has 92 valence electrons. The van der Waals surface area contributed by atoms with E-state index in [0.29, 0.717) is 19.6 Å². The molecule has 0 bridgehead atoms. The van der Waals surface area contributed by atoms with Gasteiger partial charge in [-0.15, -0.1) is 0 Å². The summed E-state index contributed by atoms with van der Waals surface area (Å²) in [6, 6.07) is 0. The number of hydrogen-bond donors (Lipinski definition) is 1. The fourth-order valence-corrected chi connectivity index (χ4v) is 2.05. The normalized spacial score (nSPS) is 13.1. The molecule has 0 atom stereocenters. The molecule has 0 unspecified atom stereocenters. The Balaban J connectivity index is 3.92. The highest BCUT2D eigenvalue weighted by Gasteiger charge is 2.24. The second-order valence-electron chi connectivity index (χ2n) is 3.93. The highest BCUT2D eigenvalue weighted by Crippen LogP contribution is 2.18. The molecular formula is C10H23NO3S. The smallest absolute Gasteiger partial charge is 0.147 e. The van der Waals surface area contributed by atoms with E-state index < -0.39 is 9.84 Å². The lowest BCUT2D eigenvalue weighted by molar-refractivity contribution is -0.0437. The van der Waals surface area contributed by atoms with Crippen molar-refractivity contribution in [3.05, 3.63) is 0 Å². The molecule has 0 aromatic heterocycles. The molecule has 2 N–H and O–H groups in total. The van der Waals surface area contributed by atoms with Crippen molar-refractivity contribution in [1.29, 1.82) is 0 Å². The van der Waals surface area contributed by atoms with E-state index in [1.165, 1.54) is 6.26 Å². The van der Waals surface area contributed by atoms with E-state index in [0.717, 1.165) is 12.8 Å². The highest BCUT2D eigenvalue weighted by molar-refractivity contribution is 7.90. The van der Waals surface area contributed by atoms with Gasteiger partial charge in [0.25, 0.3) is 0 Å². The number of rotatable bonds is 8. The molecule has 0 aromatic carbocycles. The Hall–Kier alpha value is -0.130. The molecule has 0 aliphatic rings. The molecule has 0 aliphatic carbocycles. The minimum Gasteiger partial charge on any atom is -0.374 e. The van der Waals surface area contributed by atoms with Crippen molar-refractivity contribution in [2.24, 2.45) is 5.73 Å². The first-order chi connectivity index (χ1) is 6.89. The molecule has 0 amide bonds. The van der Waals surface area contributed by atoms with Gasteiger partial charge in [-0.3, -0.25) is 0 Å². The van der Waals surface area contributed by atoms with Gasteiger partial charge in [0.1, 0.15) is 9.84 Å². The van der Waals surface area contributed by atoms with Gasteiger partial charge in [-0.2, -0.15) is 0 Å². The topological polar surface area (TPSA) is 69.4 Å². The van der Waals surface area contributed by atoms with Gasteiger partial charge < -0.3 is 10.5 Å². The standard InChI is InChI=1S/C10H23NO3S/c1-4-10(5-2,9-11)14-7-6-8-15(3,12)13/h4-9,11H2,1-3H3. The third-order valence-electron chi connectivity index (χ3n) is 2.73. The van der Waals surface area contributed by atoms with Crippen LogP contribution in [-0.4, -0.2) is 39.2 Å². The number of hydrogen-bond acceptors (Lipinski definition) is 4. The Kier molecular flexibility index (Phi) is 6.40. The first kappa shape index (κ1) is 14.9. The van der Waals surface area contributed by atoms with Crippen molar-refractivity contribution in [3.63, 3.8) is 0 Å². The summed E-state index contributed by atoms with van der Waals surface area (Å²) in [5.41, 5.74) is 5.39. The molecule has 0 heterocycles. The fraction of sp³-hybridized carbons (Fsp3) is 1.00. The van der Waals surface area contributed by atoms with Crippen molar-refractivity contribution in [1.82, 2.24) is 0 Å². The molecule has 15 heavy (non-hydrogen) atoms. The SMILES string of the molecule is CCC(CC)(CN)OCCCS(C)(=O)=O. The van der Waals surface area contributed by atoms with E-state index in [9.17, 15) is 8.42 Å². The summed E-state index contributed by atoms with van der Waals surface area (Å²) in [4.78, 5) is 0. The van der Waals surface area contributed by atoms with Gasteiger partial charge in [0, 0.05) is 19.4 Å². The zero-order valence-corrected chi connectivity index (χ0v) is 10.8. The van der Waals surface area contributed by atoms with Crippen LogP contribution in [-0.2, 0) is 14.6 Å². The van der Waals surface area contributed by atoms with Gasteiger partial charge in [-0.1, -0.05) is 13.8 Å². The first-order valence-electron chi connectivity index (χ1n) is 5.41. The lowest BCUT2D eigenvalue weighted by Crippen LogP contribution is -2.40. The van der Waals surface area contributed by atoms with E-state index in [2.05, 4.69) is 0 Å². The van der Waals surface area contributed by atoms with Crippen molar-refractivity contribution in [2.45, 2.75) is 38.7 Å². The van der Waals surface area contributed by atoms with E-state index >= 15 is 0 Å². The Bertz CT molecular complexity index is 250. The van der Waals surface area contributed by atoms with Crippen LogP contribution in [0, 0.1) is 0 Å². The first-order valence-corrected chi connectivity index (χ1v) is 7.47. The Morgan fingerprint density at radius 2 is 1.80 bits per heavy atom. The maximum absolute atomic E-state index is 10.9. The maximum atomic E-state index is 10.9. The van der Waals surface area contributed by atoms with Gasteiger partial charge >= 0.3 is 0 Å². The van der Waals surface area contributed by atoms with Crippen LogP contribution in [0.25, 0.3) is 0 Å². The van der Waals surface area contributed by atoms with Crippen molar-refractivity contribution in [3.8, 4) is 0 Å². The van der Waals surface area contributed by atoms with Crippen LogP contribution in [0.4, 0.5) is 0 Å². The molecule has 0 spiro atoms. The zero-order valence-electron chi connectivity index (χ0n) is 9.95. The summed E-state index contributed by atoms with van der Waals surface area (Å²) in [6.07, 6.45) is 3.50. The zero-order chi connectivity index (χ0) is 11.9. The fourth-order valence-electron chi connectivity index (χ4n) is 1.41. The minimum atomic E-state index is -2.87. The van der Waals surface area contributed by atoms with Gasteiger partial charge in [0.2, 0.25) is 0 Å². The third kappa shape index (κ3) is 6.12. The van der Waals surface area contributed by atoms with Crippen LogP contribution < -0.4 is 5.73 Å². The molecule has 4 nitrogen and oxygen atoms in total. The van der Waals surface area contributed by atoms with Crippen LogP contribution in [0.5, 0.6) is 0 Å². The predicted octanol–water partition coefficient (Wildman–Crippen LogP) is 0.955. The number of ether oxygens (including phenoxy) is 1. The Labute approximate surface area is 93.1 Å². The average molecular weight is 237 g/mol. The summed E-state index contributed by atoms with van der Waals surface area (Å²) in [5, 5.41) is 0. The average Bonchev–Trinajstić information content (AvgIpc) is 2.18. The van der Waals surface area contributed by atoms with Crippen LogP contribution >= 0.6 is 0 Å². The van der Waals surface area contributed by atoms with Gasteiger partial charge in [-0.25, -0.2) is 8.42 Å². The van der Waals surface area contributed by atoms with E-state index in [4.69, 9.17) is 10.5 Å². The van der Waals surface area contributed by atoms with Crippen molar-refractivity contribution >= 4 is 9.84 Å². The molecule has 5 heteroatoms. The maximum Gasteiger partial charge on any atom is 0.147 e. The van der Waals surface area contributed by atoms with E-state index in [-0.39, 0.29) is 11.4 Å². The quantitative estimate of drug-likeness (QED) is 0.638. The van der Waals surface area contributed by atoms with E-state index in [1.807, 2.05) is 13.8 Å². The molecule has 0 saturated heterocycles. The second kappa shape index (κ2) is 6.45. The second-order valence-corrected chi connectivity index (χ2v) is 6.19. The number of sulfone groups is 1. The summed E-state index contributed by atoms with van der Waals surface area (Å²) in [6.45, 7) is 5.02. The summed E-state index contributed by atoms with van der Waals surface area (Å²) >= 11 is 0. The Morgan fingerprint density at radius 1 is 1.27 bits per heavy atom. The monoisotopic (exact) mass is 237 g/mol. The largest absolute Gasteiger partial charge is 0.374 e. The Morgan fingerprint density at radius 3 is 2.13 bits per heavy atom. The molecular weight excluding hydrogens is 214 g/mol. The summed E-state index contributed by atoms with van der Waals surface area (Å²) in [5.74, 6) is 0.182. The lowest BCUT2D eigenvalue weighted by atomic mass is 9.97. The molecule has 0 radical (unpaired) electrons. The van der Waals surface area contributed by atoms with E-state index in [1.54, 1.807) is 0 Å². The summed E-state index contributed by atoms with van der Waals surface area (Å²) < 4.78 is 27.5. The lowest BCUT2D eigenvalue weighted by Gasteiger charge is -2.30. The minimum absolute atomic E-state index is 0.182. The molecule has 0 aromatic rings. The summed E-state index contributed by atoms with van der Waals surface area (Å²) in [7, 11) is -2.87. The molecule has 0 aliphatic heterocycles. The third-order valence-corrected chi connectivity index (χ3v) is 3.76. The van der Waals surface area contributed by atoms with Crippen LogP contribution in [0.2, 0.25) is 0 Å². The molecule has 0 saturated carbocycles. The van der Waals surface area contributed by atoms with Gasteiger partial charge in [0.05, 0.1) is 11.4 Å². The van der Waals surface area contributed by atoms with Gasteiger partial charge in [-0.05, 0) is 19.3 Å². The number of nitrogens with two attached hydrogens (primary N) is 1. The van der Waals surface area contributed by atoms with Crippen LogP contribution in [0.3, 0.4) is 0 Å². The predicted molar refractivity (Wildman–Crippen MR) is 62.6 cm³/mol.